The Hall–Kier alpha value is -2.46. The molecule has 25 heavy (non-hydrogen) atoms. The number of rotatable bonds is 4. The van der Waals surface area contributed by atoms with Gasteiger partial charge in [0, 0.05) is 5.56 Å². The topological polar surface area (TPSA) is 106 Å². The zero-order valence-corrected chi connectivity index (χ0v) is 15.8. The zero-order valence-electron chi connectivity index (χ0n) is 14.2. The van der Waals surface area contributed by atoms with Crippen LogP contribution in [0.3, 0.4) is 0 Å². The summed E-state index contributed by atoms with van der Waals surface area (Å²) < 4.78 is 11.0. The first kappa shape index (κ1) is 18.9. The molecule has 0 radical (unpaired) electrons. The van der Waals surface area contributed by atoms with Crippen molar-refractivity contribution in [3.8, 4) is 11.8 Å². The predicted octanol–water partition coefficient (Wildman–Crippen LogP) is 3.36. The molecule has 1 aliphatic rings. The van der Waals surface area contributed by atoms with E-state index in [2.05, 4.69) is 15.9 Å². The molecular weight excluding hydrogens is 388 g/mol. The van der Waals surface area contributed by atoms with Crippen LogP contribution >= 0.6 is 15.9 Å². The van der Waals surface area contributed by atoms with Crippen molar-refractivity contribution in [3.05, 3.63) is 50.5 Å². The van der Waals surface area contributed by atoms with Crippen molar-refractivity contribution in [2.45, 2.75) is 33.1 Å². The monoisotopic (exact) mass is 406 g/mol. The number of carbonyl (C=O) groups excluding carboxylic acids is 1. The van der Waals surface area contributed by atoms with Gasteiger partial charge in [-0.25, -0.2) is 4.79 Å². The number of benzene rings is 1. The number of hydrogen-bond acceptors (Lipinski definition) is 6. The number of hydrogen-bond donors (Lipinski definition) is 2. The first-order valence-electron chi connectivity index (χ1n) is 7.82. The molecule has 0 saturated heterocycles. The van der Waals surface area contributed by atoms with Gasteiger partial charge in [0.05, 0.1) is 22.6 Å². The van der Waals surface area contributed by atoms with E-state index in [1.165, 1.54) is 0 Å². The number of aryl methyl sites for hydroxylation is 1. The van der Waals surface area contributed by atoms with Crippen molar-refractivity contribution in [2.75, 3.05) is 6.61 Å². The lowest BCUT2D eigenvalue weighted by Crippen LogP contribution is -2.25. The highest BCUT2D eigenvalue weighted by atomic mass is 79.9. The second-order valence-corrected chi connectivity index (χ2v) is 6.34. The average Bonchev–Trinajstić information content (AvgIpc) is 2.56. The molecule has 1 aromatic rings. The molecule has 0 saturated carbocycles. The number of phenols is 1. The number of aromatic hydroxyl groups is 1. The maximum Gasteiger partial charge on any atom is 0.338 e. The molecule has 1 heterocycles. The lowest BCUT2D eigenvalue weighted by atomic mass is 9.82. The third-order valence-corrected chi connectivity index (χ3v) is 4.58. The molecule has 1 atom stereocenters. The molecule has 6 nitrogen and oxygen atoms in total. The first-order valence-corrected chi connectivity index (χ1v) is 8.61. The number of esters is 1. The Balaban J connectivity index is 2.75. The molecule has 0 bridgehead atoms. The smallest absolute Gasteiger partial charge is 0.338 e. The number of halogens is 1. The molecule has 0 amide bonds. The van der Waals surface area contributed by atoms with E-state index in [-0.39, 0.29) is 35.1 Å². The summed E-state index contributed by atoms with van der Waals surface area (Å²) >= 11 is 3.32. The quantitative estimate of drug-likeness (QED) is 0.742. The van der Waals surface area contributed by atoms with E-state index < -0.39 is 11.9 Å². The summed E-state index contributed by atoms with van der Waals surface area (Å²) in [4.78, 5) is 12.5. The molecule has 3 N–H and O–H groups in total. The standard InChI is InChI=1S/C18H19BrN2O4/c1-4-10-6-11(16(22)13(19)7-10)15-12(8-20)17(21)25-9(3)14(15)18(23)24-5-2/h6-7,15,22H,4-5,21H2,1-3H3. The lowest BCUT2D eigenvalue weighted by Gasteiger charge is -2.27. The van der Waals surface area contributed by atoms with Crippen LogP contribution in [0.5, 0.6) is 5.75 Å². The van der Waals surface area contributed by atoms with Crippen LogP contribution in [0.2, 0.25) is 0 Å². The van der Waals surface area contributed by atoms with Gasteiger partial charge in [0.1, 0.15) is 23.2 Å². The minimum atomic E-state index is -0.861. The van der Waals surface area contributed by atoms with Crippen LogP contribution in [-0.4, -0.2) is 17.7 Å². The van der Waals surface area contributed by atoms with Gasteiger partial charge in [0.15, 0.2) is 0 Å². The van der Waals surface area contributed by atoms with Crippen molar-refractivity contribution >= 4 is 21.9 Å². The van der Waals surface area contributed by atoms with E-state index in [0.29, 0.717) is 16.5 Å². The summed E-state index contributed by atoms with van der Waals surface area (Å²) in [5.74, 6) is -1.37. The zero-order chi connectivity index (χ0) is 18.7. The maximum atomic E-state index is 12.5. The van der Waals surface area contributed by atoms with Gasteiger partial charge in [-0.3, -0.25) is 0 Å². The molecule has 1 unspecified atom stereocenters. The highest BCUT2D eigenvalue weighted by Gasteiger charge is 2.38. The summed E-state index contributed by atoms with van der Waals surface area (Å²) in [7, 11) is 0. The average molecular weight is 407 g/mol. The van der Waals surface area contributed by atoms with Crippen LogP contribution < -0.4 is 5.73 Å². The number of allylic oxidation sites excluding steroid dienone is 2. The van der Waals surface area contributed by atoms with E-state index in [0.717, 1.165) is 5.56 Å². The highest BCUT2D eigenvalue weighted by molar-refractivity contribution is 9.10. The Morgan fingerprint density at radius 2 is 2.16 bits per heavy atom. The highest BCUT2D eigenvalue weighted by Crippen LogP contribution is 2.45. The Kier molecular flexibility index (Phi) is 5.75. The van der Waals surface area contributed by atoms with Gasteiger partial charge in [0.25, 0.3) is 0 Å². The minimum absolute atomic E-state index is 0.0563. The van der Waals surface area contributed by atoms with Crippen molar-refractivity contribution in [1.29, 1.82) is 5.26 Å². The van der Waals surface area contributed by atoms with Crippen LogP contribution in [0.25, 0.3) is 0 Å². The van der Waals surface area contributed by atoms with Gasteiger partial charge in [-0.2, -0.15) is 5.26 Å². The molecule has 1 aliphatic heterocycles. The van der Waals surface area contributed by atoms with E-state index in [9.17, 15) is 15.2 Å². The second kappa shape index (κ2) is 7.62. The summed E-state index contributed by atoms with van der Waals surface area (Å²) in [5, 5.41) is 20.1. The predicted molar refractivity (Wildman–Crippen MR) is 95.2 cm³/mol. The van der Waals surface area contributed by atoms with Crippen molar-refractivity contribution in [3.63, 3.8) is 0 Å². The molecule has 0 fully saturated rings. The molecule has 0 aliphatic carbocycles. The van der Waals surface area contributed by atoms with Gasteiger partial charge in [-0.1, -0.05) is 13.0 Å². The van der Waals surface area contributed by atoms with Crippen LogP contribution in [0.4, 0.5) is 0 Å². The second-order valence-electron chi connectivity index (χ2n) is 5.48. The largest absolute Gasteiger partial charge is 0.506 e. The summed E-state index contributed by atoms with van der Waals surface area (Å²) in [6, 6.07) is 5.54. The van der Waals surface area contributed by atoms with E-state index >= 15 is 0 Å². The van der Waals surface area contributed by atoms with E-state index in [1.807, 2.05) is 13.0 Å². The van der Waals surface area contributed by atoms with Crippen LogP contribution in [0.1, 0.15) is 37.8 Å². The van der Waals surface area contributed by atoms with Gasteiger partial charge in [-0.15, -0.1) is 0 Å². The Morgan fingerprint density at radius 1 is 1.48 bits per heavy atom. The molecule has 2 rings (SSSR count). The normalized spacial score (nSPS) is 17.2. The summed E-state index contributed by atoms with van der Waals surface area (Å²) in [6.07, 6.45) is 0.716. The first-order chi connectivity index (χ1) is 11.8. The van der Waals surface area contributed by atoms with Crippen molar-refractivity contribution < 1.29 is 19.4 Å². The molecule has 7 heteroatoms. The van der Waals surface area contributed by atoms with Gasteiger partial charge in [-0.05, 0) is 47.8 Å². The van der Waals surface area contributed by atoms with Crippen LogP contribution in [-0.2, 0) is 20.7 Å². The summed E-state index contributed by atoms with van der Waals surface area (Å²) in [5.41, 5.74) is 7.41. The third-order valence-electron chi connectivity index (χ3n) is 3.97. The Labute approximate surface area is 154 Å². The minimum Gasteiger partial charge on any atom is -0.506 e. The fourth-order valence-electron chi connectivity index (χ4n) is 2.77. The fourth-order valence-corrected chi connectivity index (χ4v) is 3.29. The van der Waals surface area contributed by atoms with Crippen molar-refractivity contribution in [1.82, 2.24) is 0 Å². The SMILES string of the molecule is CCOC(=O)C1=C(C)OC(N)=C(C#N)C1c1cc(CC)cc(Br)c1O. The van der Waals surface area contributed by atoms with Gasteiger partial charge in [0.2, 0.25) is 5.88 Å². The number of phenolic OH excluding ortho intramolecular Hbond substituents is 1. The Bertz CT molecular complexity index is 821. The maximum absolute atomic E-state index is 12.5. The number of carbonyl (C=O) groups is 1. The van der Waals surface area contributed by atoms with Crippen LogP contribution in [0, 0.1) is 11.3 Å². The van der Waals surface area contributed by atoms with E-state index in [1.54, 1.807) is 26.0 Å². The fraction of sp³-hybridized carbons (Fsp3) is 0.333. The molecular formula is C18H19BrN2O4. The lowest BCUT2D eigenvalue weighted by molar-refractivity contribution is -0.139. The number of ether oxygens (including phenoxy) is 2. The number of nitrogens with two attached hydrogens (primary N) is 1. The molecule has 0 aromatic heterocycles. The number of nitriles is 1. The summed E-state index contributed by atoms with van der Waals surface area (Å²) in [6.45, 7) is 5.41. The van der Waals surface area contributed by atoms with E-state index in [4.69, 9.17) is 15.2 Å². The van der Waals surface area contributed by atoms with Gasteiger partial charge >= 0.3 is 5.97 Å². The Morgan fingerprint density at radius 3 is 2.72 bits per heavy atom. The molecule has 0 spiro atoms. The van der Waals surface area contributed by atoms with Crippen molar-refractivity contribution in [2.24, 2.45) is 5.73 Å². The van der Waals surface area contributed by atoms with Gasteiger partial charge < -0.3 is 20.3 Å². The molecule has 1 aromatic carbocycles. The van der Waals surface area contributed by atoms with Crippen LogP contribution in [0.15, 0.2) is 39.4 Å². The molecule has 132 valence electrons. The third kappa shape index (κ3) is 3.49. The number of nitrogens with zero attached hydrogens (tertiary/aromatic N) is 1.